The van der Waals surface area contributed by atoms with E-state index >= 15 is 0 Å². The van der Waals surface area contributed by atoms with Gasteiger partial charge in [0.1, 0.15) is 0 Å². The van der Waals surface area contributed by atoms with E-state index in [0.717, 1.165) is 22.7 Å². The van der Waals surface area contributed by atoms with Gasteiger partial charge in [0, 0.05) is 30.9 Å². The smallest absolute Gasteiger partial charge is 0.266 e. The van der Waals surface area contributed by atoms with Crippen LogP contribution in [0.4, 0.5) is 0 Å². The number of aryl methyl sites for hydroxylation is 1. The SMILES string of the molecule is Cc1ccc(S(=O)(=O)N2C[C@@H](C/C=C/P3(=O)N(C)[C@@H]4CCCC[C@H]4N3C)CC2=O)cc1. The number of benzene rings is 1. The molecule has 2 aliphatic heterocycles. The standard InChI is InChI=1S/C22H32N3O4PS/c1-17-10-12-19(13-11-17)31(28,29)25-16-18(15-22(25)26)7-6-14-30(27)23(2)20-8-4-5-9-21(20)24(30)3/h6,10-14,18,20-21H,4-5,7-9,15-16H2,1-3H3/b14-6+/t18-,20+,21+/m0/s1. The highest BCUT2D eigenvalue weighted by Gasteiger charge is 2.50. The molecular formula is C22H32N3O4PS. The largest absolute Gasteiger partial charge is 0.284 e. The number of nitrogens with zero attached hydrogens (tertiary/aromatic N) is 3. The molecule has 2 heterocycles. The van der Waals surface area contributed by atoms with E-state index < -0.39 is 17.5 Å². The van der Waals surface area contributed by atoms with Gasteiger partial charge in [0.2, 0.25) is 13.4 Å². The maximum atomic E-state index is 13.7. The van der Waals surface area contributed by atoms with Gasteiger partial charge in [-0.1, -0.05) is 36.6 Å². The van der Waals surface area contributed by atoms with Gasteiger partial charge in [-0.2, -0.15) is 0 Å². The fourth-order valence-corrected chi connectivity index (χ4v) is 9.32. The van der Waals surface area contributed by atoms with Gasteiger partial charge in [0.25, 0.3) is 10.0 Å². The van der Waals surface area contributed by atoms with E-state index in [0.29, 0.717) is 18.5 Å². The molecule has 3 aliphatic rings. The maximum Gasteiger partial charge on any atom is 0.266 e. The Morgan fingerprint density at radius 2 is 1.65 bits per heavy atom. The number of carbonyl (C=O) groups excluding carboxylic acids is 1. The molecule has 0 spiro atoms. The van der Waals surface area contributed by atoms with Crippen molar-refractivity contribution in [2.45, 2.75) is 62.4 Å². The van der Waals surface area contributed by atoms with E-state index in [1.165, 1.54) is 12.8 Å². The lowest BCUT2D eigenvalue weighted by molar-refractivity contribution is -0.123. The zero-order valence-corrected chi connectivity index (χ0v) is 20.2. The van der Waals surface area contributed by atoms with Crippen LogP contribution in [-0.4, -0.2) is 60.7 Å². The Morgan fingerprint density at radius 3 is 2.23 bits per heavy atom. The molecule has 0 N–H and O–H groups in total. The number of rotatable bonds is 5. The van der Waals surface area contributed by atoms with Crippen LogP contribution in [0.1, 0.15) is 44.1 Å². The number of allylic oxidation sites excluding steroid dienone is 1. The molecular weight excluding hydrogens is 433 g/mol. The van der Waals surface area contributed by atoms with Crippen LogP contribution < -0.4 is 0 Å². The molecule has 0 unspecified atom stereocenters. The minimum Gasteiger partial charge on any atom is -0.284 e. The van der Waals surface area contributed by atoms with Crippen molar-refractivity contribution in [3.63, 3.8) is 0 Å². The average Bonchev–Trinajstić information content (AvgIpc) is 3.21. The first-order chi connectivity index (χ1) is 14.6. The van der Waals surface area contributed by atoms with E-state index in [1.807, 2.05) is 42.3 Å². The quantitative estimate of drug-likeness (QED) is 0.616. The summed E-state index contributed by atoms with van der Waals surface area (Å²) >= 11 is 0. The second-order valence-electron chi connectivity index (χ2n) is 9.09. The summed E-state index contributed by atoms with van der Waals surface area (Å²) < 4.78 is 44.6. The lowest BCUT2D eigenvalue weighted by atomic mass is 9.91. The third-order valence-electron chi connectivity index (χ3n) is 7.10. The number of fused-ring (bicyclic) bond motifs is 1. The summed E-state index contributed by atoms with van der Waals surface area (Å²) in [5.41, 5.74) is 0.964. The van der Waals surface area contributed by atoms with Gasteiger partial charge in [-0.15, -0.1) is 0 Å². The molecule has 1 amide bonds. The van der Waals surface area contributed by atoms with Crippen molar-refractivity contribution in [1.82, 2.24) is 13.6 Å². The normalized spacial score (nSPS) is 29.7. The van der Waals surface area contributed by atoms with Gasteiger partial charge in [0.15, 0.2) is 0 Å². The molecule has 7 nitrogen and oxygen atoms in total. The van der Waals surface area contributed by atoms with Crippen molar-refractivity contribution in [2.24, 2.45) is 5.92 Å². The average molecular weight is 466 g/mol. The molecule has 170 valence electrons. The lowest BCUT2D eigenvalue weighted by Gasteiger charge is -2.28. The summed E-state index contributed by atoms with van der Waals surface area (Å²) in [5.74, 6) is 1.34. The van der Waals surface area contributed by atoms with Crippen LogP contribution in [0.5, 0.6) is 0 Å². The van der Waals surface area contributed by atoms with Crippen molar-refractivity contribution in [3.05, 3.63) is 41.7 Å². The molecule has 3 fully saturated rings. The Labute approximate surface area is 185 Å². The maximum absolute atomic E-state index is 13.7. The molecule has 4 rings (SSSR count). The zero-order valence-electron chi connectivity index (χ0n) is 18.5. The summed E-state index contributed by atoms with van der Waals surface area (Å²) in [6.07, 6.45) is 7.13. The second-order valence-corrected chi connectivity index (χ2v) is 13.7. The molecule has 9 heteroatoms. The molecule has 2 saturated heterocycles. The summed E-state index contributed by atoms with van der Waals surface area (Å²) in [4.78, 5) is 12.6. The monoisotopic (exact) mass is 465 g/mol. The van der Waals surface area contributed by atoms with Crippen LogP contribution in [0, 0.1) is 12.8 Å². The van der Waals surface area contributed by atoms with Gasteiger partial charge in [0.05, 0.1) is 4.90 Å². The first kappa shape index (κ1) is 22.7. The fourth-order valence-electron chi connectivity index (χ4n) is 5.19. The number of carbonyl (C=O) groups is 1. The minimum absolute atomic E-state index is 0.101. The van der Waals surface area contributed by atoms with Crippen molar-refractivity contribution in [2.75, 3.05) is 20.6 Å². The Bertz CT molecular complexity index is 1000. The molecule has 0 radical (unpaired) electrons. The number of sulfonamides is 1. The number of amides is 1. The van der Waals surface area contributed by atoms with E-state index in [1.54, 1.807) is 24.3 Å². The van der Waals surface area contributed by atoms with Gasteiger partial charge < -0.3 is 0 Å². The van der Waals surface area contributed by atoms with Crippen molar-refractivity contribution >= 4 is 23.4 Å². The van der Waals surface area contributed by atoms with Gasteiger partial charge >= 0.3 is 0 Å². The predicted octanol–water partition coefficient (Wildman–Crippen LogP) is 3.82. The number of hydrogen-bond donors (Lipinski definition) is 0. The number of likely N-dealkylation sites (N-methyl/N-ethyl adjacent to an activating group) is 2. The summed E-state index contributed by atoms with van der Waals surface area (Å²) in [6, 6.07) is 7.22. The first-order valence-corrected chi connectivity index (χ1v) is 14.1. The van der Waals surface area contributed by atoms with E-state index in [9.17, 15) is 17.8 Å². The predicted molar refractivity (Wildman–Crippen MR) is 121 cm³/mol. The lowest BCUT2D eigenvalue weighted by Crippen LogP contribution is -2.37. The molecule has 1 saturated carbocycles. The third-order valence-corrected chi connectivity index (χ3v) is 11.9. The highest BCUT2D eigenvalue weighted by atomic mass is 32.2. The molecule has 31 heavy (non-hydrogen) atoms. The van der Waals surface area contributed by atoms with E-state index in [4.69, 9.17) is 0 Å². The Kier molecular flexibility index (Phi) is 6.21. The van der Waals surface area contributed by atoms with Gasteiger partial charge in [-0.25, -0.2) is 22.1 Å². The van der Waals surface area contributed by atoms with Gasteiger partial charge in [-0.05, 0) is 58.3 Å². The summed E-state index contributed by atoms with van der Waals surface area (Å²) in [6.45, 7) is 2.06. The highest BCUT2D eigenvalue weighted by molar-refractivity contribution is 7.89. The van der Waals surface area contributed by atoms with Crippen LogP contribution in [-0.2, 0) is 19.4 Å². The number of hydrogen-bond acceptors (Lipinski definition) is 4. The van der Waals surface area contributed by atoms with Crippen molar-refractivity contribution in [3.8, 4) is 0 Å². The fraction of sp³-hybridized carbons (Fsp3) is 0.591. The molecule has 1 aliphatic carbocycles. The second kappa shape index (κ2) is 8.47. The van der Waals surface area contributed by atoms with Crippen LogP contribution >= 0.6 is 7.44 Å². The van der Waals surface area contributed by atoms with Crippen molar-refractivity contribution in [1.29, 1.82) is 0 Å². The first-order valence-electron chi connectivity index (χ1n) is 11.0. The zero-order chi connectivity index (χ0) is 22.4. The summed E-state index contributed by atoms with van der Waals surface area (Å²) in [5, 5.41) is 0. The van der Waals surface area contributed by atoms with E-state index in [-0.39, 0.29) is 29.7 Å². The Morgan fingerprint density at radius 1 is 1.06 bits per heavy atom. The third kappa shape index (κ3) is 4.04. The molecule has 1 aromatic carbocycles. The minimum atomic E-state index is -3.83. The molecule has 3 atom stereocenters. The van der Waals surface area contributed by atoms with Crippen LogP contribution in [0.2, 0.25) is 0 Å². The van der Waals surface area contributed by atoms with Crippen LogP contribution in [0.25, 0.3) is 0 Å². The molecule has 0 bridgehead atoms. The molecule has 1 aromatic rings. The summed E-state index contributed by atoms with van der Waals surface area (Å²) in [7, 11) is -2.69. The van der Waals surface area contributed by atoms with Gasteiger partial charge in [-0.3, -0.25) is 9.36 Å². The molecule has 0 aromatic heterocycles. The van der Waals surface area contributed by atoms with Crippen molar-refractivity contribution < 1.29 is 17.8 Å². The Balaban J connectivity index is 1.43. The highest BCUT2D eigenvalue weighted by Crippen LogP contribution is 2.62. The topological polar surface area (TPSA) is 78.0 Å². The van der Waals surface area contributed by atoms with Crippen LogP contribution in [0.15, 0.2) is 41.1 Å². The van der Waals surface area contributed by atoms with E-state index in [2.05, 4.69) is 0 Å². The van der Waals surface area contributed by atoms with Crippen LogP contribution in [0.3, 0.4) is 0 Å². The Hall–Kier alpha value is -1.47.